The number of carbonyl (C=O) groups excluding carboxylic acids is 1. The van der Waals surface area contributed by atoms with Crippen LogP contribution in [0, 0.1) is 5.92 Å². The Kier molecular flexibility index (Phi) is 16.4. The highest BCUT2D eigenvalue weighted by Gasteiger charge is 2.27. The molecule has 0 spiro atoms. The lowest BCUT2D eigenvalue weighted by atomic mass is 9.98. The number of likely N-dealkylation sites (tertiary alicyclic amines) is 1. The van der Waals surface area contributed by atoms with E-state index >= 15 is 0 Å². The summed E-state index contributed by atoms with van der Waals surface area (Å²) in [4.78, 5) is 25.0. The molecule has 32 heavy (non-hydrogen) atoms. The van der Waals surface area contributed by atoms with Crippen LogP contribution in [0.3, 0.4) is 0 Å². The fourth-order valence-corrected chi connectivity index (χ4v) is 3.41. The summed E-state index contributed by atoms with van der Waals surface area (Å²) in [5, 5.41) is 9.12. The normalized spacial score (nSPS) is 17.9. The Bertz CT molecular complexity index is 697. The third-order valence-corrected chi connectivity index (χ3v) is 5.24. The first-order valence-corrected chi connectivity index (χ1v) is 12.1. The molecule has 1 saturated heterocycles. The predicted octanol–water partition coefficient (Wildman–Crippen LogP) is 6.79. The standard InChI is InChI=1S/C28H41NO3/c1-2-3-4-5-6-7-8-9-10-11-12-13-14-15-16-17-18-19-20-23-27(30)29-24-21-22-26(25-29)28(31)32/h3-4,6-7,9-10,12-13,15-16,18-19,26H,2,5,8,11,14,17,20-25H2,1H3,(H,31,32)/b4-3+,7-6+,10-9+,13-12+,16-15+,19-18+. The van der Waals surface area contributed by atoms with E-state index in [9.17, 15) is 9.59 Å². The lowest BCUT2D eigenvalue weighted by Crippen LogP contribution is -2.42. The summed E-state index contributed by atoms with van der Waals surface area (Å²) in [5.74, 6) is -1.13. The second-order valence-corrected chi connectivity index (χ2v) is 7.97. The van der Waals surface area contributed by atoms with Crippen molar-refractivity contribution in [3.63, 3.8) is 0 Å². The van der Waals surface area contributed by atoms with Gasteiger partial charge in [0.2, 0.25) is 5.91 Å². The molecule has 1 fully saturated rings. The van der Waals surface area contributed by atoms with Gasteiger partial charge in [0.15, 0.2) is 0 Å². The second-order valence-electron chi connectivity index (χ2n) is 7.97. The summed E-state index contributed by atoms with van der Waals surface area (Å²) >= 11 is 0. The van der Waals surface area contributed by atoms with Gasteiger partial charge in [0.1, 0.15) is 0 Å². The molecule has 0 radical (unpaired) electrons. The van der Waals surface area contributed by atoms with Gasteiger partial charge in [-0.3, -0.25) is 9.59 Å². The van der Waals surface area contributed by atoms with Crippen molar-refractivity contribution in [2.75, 3.05) is 13.1 Å². The van der Waals surface area contributed by atoms with Crippen molar-refractivity contribution in [1.29, 1.82) is 0 Å². The summed E-state index contributed by atoms with van der Waals surface area (Å²) in [6.07, 6.45) is 34.5. The van der Waals surface area contributed by atoms with E-state index in [-0.39, 0.29) is 5.91 Å². The number of allylic oxidation sites excluding steroid dienone is 12. The number of hydrogen-bond acceptors (Lipinski definition) is 2. The first-order valence-electron chi connectivity index (χ1n) is 12.1. The highest BCUT2D eigenvalue weighted by molar-refractivity contribution is 5.78. The molecule has 0 aromatic rings. The number of carboxylic acid groups (broad SMARTS) is 1. The van der Waals surface area contributed by atoms with Crippen molar-refractivity contribution < 1.29 is 14.7 Å². The smallest absolute Gasteiger partial charge is 0.308 e. The number of piperidine rings is 1. The fourth-order valence-electron chi connectivity index (χ4n) is 3.41. The molecule has 4 nitrogen and oxygen atoms in total. The molecule has 1 N–H and O–H groups in total. The summed E-state index contributed by atoms with van der Waals surface area (Å²) in [6, 6.07) is 0. The van der Waals surface area contributed by atoms with Crippen LogP contribution in [0.1, 0.15) is 71.1 Å². The van der Waals surface area contributed by atoms with Crippen LogP contribution in [0.4, 0.5) is 0 Å². The largest absolute Gasteiger partial charge is 0.481 e. The molecule has 0 saturated carbocycles. The lowest BCUT2D eigenvalue weighted by Gasteiger charge is -2.30. The number of carboxylic acids is 1. The molecule has 1 aliphatic heterocycles. The van der Waals surface area contributed by atoms with Crippen molar-refractivity contribution in [3.05, 3.63) is 72.9 Å². The third-order valence-electron chi connectivity index (χ3n) is 5.24. The SMILES string of the molecule is CC/C=C/C/C=C/C/C=C/C/C=C/C/C=C/C/C=C/CCC(=O)N1CCCC(C(=O)O)C1. The predicted molar refractivity (Wildman–Crippen MR) is 134 cm³/mol. The molecular weight excluding hydrogens is 398 g/mol. The molecule has 1 amide bonds. The van der Waals surface area contributed by atoms with Crippen LogP contribution in [0.15, 0.2) is 72.9 Å². The molecule has 1 aliphatic rings. The number of nitrogens with zero attached hydrogens (tertiary/aromatic N) is 1. The van der Waals surface area contributed by atoms with Crippen molar-refractivity contribution in [3.8, 4) is 0 Å². The highest BCUT2D eigenvalue weighted by Crippen LogP contribution is 2.17. The Morgan fingerprint density at radius 1 is 0.781 bits per heavy atom. The maximum absolute atomic E-state index is 12.2. The first-order chi connectivity index (χ1) is 15.6. The molecular formula is C28H41NO3. The minimum atomic E-state index is -0.792. The maximum atomic E-state index is 12.2. The van der Waals surface area contributed by atoms with Gasteiger partial charge in [0, 0.05) is 19.5 Å². The molecule has 1 atom stereocenters. The number of carbonyl (C=O) groups is 2. The van der Waals surface area contributed by atoms with E-state index in [1.165, 1.54) is 0 Å². The maximum Gasteiger partial charge on any atom is 0.308 e. The van der Waals surface area contributed by atoms with Gasteiger partial charge >= 0.3 is 5.97 Å². The summed E-state index contributed by atoms with van der Waals surface area (Å²) < 4.78 is 0. The van der Waals surface area contributed by atoms with Gasteiger partial charge in [-0.05, 0) is 57.8 Å². The molecule has 1 unspecified atom stereocenters. The number of hydrogen-bond donors (Lipinski definition) is 1. The zero-order valence-electron chi connectivity index (χ0n) is 19.7. The van der Waals surface area contributed by atoms with Crippen LogP contribution < -0.4 is 0 Å². The van der Waals surface area contributed by atoms with Crippen LogP contribution in [-0.2, 0) is 9.59 Å². The average Bonchev–Trinajstić information content (AvgIpc) is 2.80. The molecule has 1 heterocycles. The van der Waals surface area contributed by atoms with Gasteiger partial charge in [-0.15, -0.1) is 0 Å². The van der Waals surface area contributed by atoms with E-state index in [0.717, 1.165) is 44.9 Å². The number of aliphatic carboxylic acids is 1. The third kappa shape index (κ3) is 14.4. The van der Waals surface area contributed by atoms with E-state index in [0.29, 0.717) is 32.4 Å². The van der Waals surface area contributed by atoms with Crippen molar-refractivity contribution in [1.82, 2.24) is 4.90 Å². The Hall–Kier alpha value is -2.62. The molecule has 1 rings (SSSR count). The minimum Gasteiger partial charge on any atom is -0.481 e. The van der Waals surface area contributed by atoms with Crippen molar-refractivity contribution in [2.24, 2.45) is 5.92 Å². The number of amides is 1. The Labute approximate surface area is 194 Å². The van der Waals surface area contributed by atoms with E-state index in [1.807, 2.05) is 6.08 Å². The quantitative estimate of drug-likeness (QED) is 0.286. The van der Waals surface area contributed by atoms with Gasteiger partial charge in [0.05, 0.1) is 5.92 Å². The Morgan fingerprint density at radius 3 is 1.72 bits per heavy atom. The minimum absolute atomic E-state index is 0.0653. The molecule has 4 heteroatoms. The second kappa shape index (κ2) is 19.1. The topological polar surface area (TPSA) is 57.6 Å². The molecule has 176 valence electrons. The van der Waals surface area contributed by atoms with E-state index in [4.69, 9.17) is 5.11 Å². The molecule has 0 aliphatic carbocycles. The summed E-state index contributed by atoms with van der Waals surface area (Å²) in [6.45, 7) is 3.19. The molecule has 0 aromatic heterocycles. The molecule has 0 aromatic carbocycles. The Morgan fingerprint density at radius 2 is 1.25 bits per heavy atom. The molecule has 0 bridgehead atoms. The van der Waals surface area contributed by atoms with Crippen LogP contribution >= 0.6 is 0 Å². The van der Waals surface area contributed by atoms with Crippen molar-refractivity contribution in [2.45, 2.75) is 71.1 Å². The fraction of sp³-hybridized carbons (Fsp3) is 0.500. The highest BCUT2D eigenvalue weighted by atomic mass is 16.4. The zero-order chi connectivity index (χ0) is 23.3. The van der Waals surface area contributed by atoms with Gasteiger partial charge in [0.25, 0.3) is 0 Å². The summed E-state index contributed by atoms with van der Waals surface area (Å²) in [5.41, 5.74) is 0. The van der Waals surface area contributed by atoms with Gasteiger partial charge in [-0.1, -0.05) is 79.8 Å². The lowest BCUT2D eigenvalue weighted by molar-refractivity contribution is -0.145. The Balaban J connectivity index is 2.03. The van der Waals surface area contributed by atoms with Crippen LogP contribution in [-0.4, -0.2) is 35.0 Å². The van der Waals surface area contributed by atoms with Crippen LogP contribution in [0.25, 0.3) is 0 Å². The first kappa shape index (κ1) is 27.4. The summed E-state index contributed by atoms with van der Waals surface area (Å²) in [7, 11) is 0. The van der Waals surface area contributed by atoms with E-state index in [1.54, 1.807) is 4.90 Å². The van der Waals surface area contributed by atoms with Gasteiger partial charge < -0.3 is 10.0 Å². The van der Waals surface area contributed by atoms with Crippen molar-refractivity contribution >= 4 is 11.9 Å². The van der Waals surface area contributed by atoms with E-state index in [2.05, 4.69) is 73.8 Å². The number of rotatable bonds is 15. The monoisotopic (exact) mass is 439 g/mol. The van der Waals surface area contributed by atoms with Gasteiger partial charge in [-0.25, -0.2) is 0 Å². The van der Waals surface area contributed by atoms with Gasteiger partial charge in [-0.2, -0.15) is 0 Å². The zero-order valence-corrected chi connectivity index (χ0v) is 19.7. The average molecular weight is 440 g/mol. The van der Waals surface area contributed by atoms with E-state index < -0.39 is 11.9 Å². The van der Waals surface area contributed by atoms with Crippen LogP contribution in [0.2, 0.25) is 0 Å². The van der Waals surface area contributed by atoms with Crippen LogP contribution in [0.5, 0.6) is 0 Å².